The van der Waals surface area contributed by atoms with Crippen LogP contribution in [0.25, 0.3) is 0 Å². The van der Waals surface area contributed by atoms with Gasteiger partial charge in [0.2, 0.25) is 0 Å². The fraction of sp³-hybridized carbons (Fsp3) is 0.993. The normalized spacial score (nSPS) is 15.3. The van der Waals surface area contributed by atoms with Crippen LogP contribution in [0.15, 0.2) is 0 Å². The number of carbonyl (C=O) groups excluding carboxylic acids is 1. The van der Waals surface area contributed by atoms with Crippen molar-refractivity contribution < 1.29 is 9.53 Å². The molecule has 0 aromatic heterocycles. The highest BCUT2D eigenvalue weighted by atomic mass is 16.5. The predicted octanol–water partition coefficient (Wildman–Crippen LogP) is 53.3. The van der Waals surface area contributed by atoms with E-state index >= 15 is 4.79 Å². The fourth-order valence-corrected chi connectivity index (χ4v) is 39.6. The van der Waals surface area contributed by atoms with Gasteiger partial charge in [-0.15, -0.1) is 0 Å². The molecule has 0 saturated heterocycles. The van der Waals surface area contributed by atoms with Crippen LogP contribution in [-0.4, -0.2) is 12.6 Å². The zero-order valence-corrected chi connectivity index (χ0v) is 115. The molecule has 0 rings (SSSR count). The van der Waals surface area contributed by atoms with Crippen LogP contribution in [0.3, 0.4) is 0 Å². The summed E-state index contributed by atoms with van der Waals surface area (Å²) in [6.45, 7) is 137. The quantitative estimate of drug-likeness (QED) is 0.0568. The lowest BCUT2D eigenvalue weighted by Gasteiger charge is -2.65. The molecule has 0 N–H and O–H groups in total. The molecule has 2 nitrogen and oxygen atoms in total. The van der Waals surface area contributed by atoms with E-state index in [0.717, 1.165) is 12.8 Å². The Morgan fingerprint density at radius 1 is 0.120 bits per heavy atom. The summed E-state index contributed by atoms with van der Waals surface area (Å²) in [7, 11) is 0. The van der Waals surface area contributed by atoms with Gasteiger partial charge in [-0.1, -0.05) is 634 Å². The Bertz CT molecular complexity index is 2860. The molecular formula is C148H296O2. The Labute approximate surface area is 954 Å². The maximum Gasteiger partial charge on any atom is 0.311 e. The highest BCUT2D eigenvalue weighted by Gasteiger charge is 2.66. The smallest absolute Gasteiger partial charge is 0.311 e. The van der Waals surface area contributed by atoms with Crippen LogP contribution in [0, 0.1) is 130 Å². The molecule has 0 aliphatic heterocycles. The van der Waals surface area contributed by atoms with E-state index in [0.29, 0.717) is 6.61 Å². The third kappa shape index (κ3) is 37.2. The van der Waals surface area contributed by atoms with E-state index in [1.165, 1.54) is 449 Å². The van der Waals surface area contributed by atoms with Crippen molar-refractivity contribution in [1.82, 2.24) is 0 Å². The largest absolute Gasteiger partial charge is 0.466 e. The summed E-state index contributed by atoms with van der Waals surface area (Å²) in [5.41, 5.74) is -0.181. The van der Waals surface area contributed by atoms with Gasteiger partial charge in [-0.3, -0.25) is 4.79 Å². The summed E-state index contributed by atoms with van der Waals surface area (Å²) >= 11 is 0. The molecule has 0 aromatic carbocycles. The Kier molecular flexibility index (Phi) is 66.2. The Morgan fingerprint density at radius 2 is 0.213 bits per heavy atom. The molecule has 900 valence electrons. The molecule has 0 saturated carbocycles. The van der Waals surface area contributed by atoms with Gasteiger partial charge in [-0.25, -0.2) is 0 Å². The molecule has 0 fully saturated rings. The number of hydrogen-bond donors (Lipinski definition) is 0. The lowest BCUT2D eigenvalue weighted by atomic mass is 9.40. The van der Waals surface area contributed by atoms with Gasteiger partial charge in [-0.2, -0.15) is 0 Å². The third-order valence-corrected chi connectivity index (χ3v) is 54.1. The van der Waals surface area contributed by atoms with E-state index in [1.807, 2.05) is 0 Å². The third-order valence-electron chi connectivity index (χ3n) is 54.1. The van der Waals surface area contributed by atoms with Crippen LogP contribution in [0.1, 0.15) is 808 Å². The molecule has 0 aromatic rings. The zero-order valence-electron chi connectivity index (χ0n) is 115. The van der Waals surface area contributed by atoms with Gasteiger partial charge in [0.15, 0.2) is 0 Å². The zero-order chi connectivity index (χ0) is 116. The second kappa shape index (κ2) is 66.4. The van der Waals surface area contributed by atoms with Gasteiger partial charge >= 0.3 is 5.97 Å². The molecule has 150 heavy (non-hydrogen) atoms. The van der Waals surface area contributed by atoms with Crippen LogP contribution in [-0.2, 0) is 9.53 Å². The van der Waals surface area contributed by atoms with Gasteiger partial charge in [-0.05, 0) is 299 Å². The lowest BCUT2D eigenvalue weighted by molar-refractivity contribution is -0.166. The predicted molar refractivity (Wildman–Crippen MR) is 685 cm³/mol. The first-order chi connectivity index (χ1) is 70.7. The van der Waals surface area contributed by atoms with Crippen molar-refractivity contribution in [2.75, 3.05) is 6.61 Å². The van der Waals surface area contributed by atoms with E-state index in [-0.39, 0.29) is 125 Å². The Hall–Kier alpha value is -0.530. The van der Waals surface area contributed by atoms with Crippen molar-refractivity contribution in [2.45, 2.75) is 808 Å². The SMILES string of the molecule is CCCC(CC)(CC)CC(CC)(CC)CC(CC(CC)(CC)CC)(CC(CC)(CC)CC)CC(CC(CC(CC)(CC)CC)(CC(CC)(CC)CC)CC(CC)(CC)CC)(CC(CC(CC(CC)(CC)CC)(CC(CC)(CC)CC)CC(CC)(CC)CC)(CC(CC(CC)(CC)CC)(CC(CC)(CC)CC)CC(CC)(CC)CC)CC(CC(CC)(CC)CC)(CC(CC)(CC)CC)CC(CC)(CC)CC)CC(C)(CC)C(=O)OCC. The van der Waals surface area contributed by atoms with Crippen LogP contribution in [0.5, 0.6) is 0 Å². The number of carbonyl (C=O) groups is 1. The highest BCUT2D eigenvalue weighted by molar-refractivity contribution is 5.76. The van der Waals surface area contributed by atoms with Crippen molar-refractivity contribution >= 4 is 5.97 Å². The molecule has 0 bridgehead atoms. The van der Waals surface area contributed by atoms with Crippen molar-refractivity contribution in [2.24, 2.45) is 130 Å². The minimum atomic E-state index is -0.819. The number of ether oxygens (including phenoxy) is 1. The van der Waals surface area contributed by atoms with E-state index in [9.17, 15) is 0 Å². The maximum absolute atomic E-state index is 18.3. The average Bonchev–Trinajstić information content (AvgIpc) is 0.710. The van der Waals surface area contributed by atoms with Gasteiger partial charge in [0, 0.05) is 0 Å². The number of rotatable bonds is 97. The molecule has 0 amide bonds. The van der Waals surface area contributed by atoms with Crippen molar-refractivity contribution in [3.05, 3.63) is 0 Å². The first-order valence-electron chi connectivity index (χ1n) is 69.8. The molecule has 0 spiro atoms. The number of hydrogen-bond acceptors (Lipinski definition) is 2. The molecule has 2 atom stereocenters. The van der Waals surface area contributed by atoms with Crippen molar-refractivity contribution in [1.29, 1.82) is 0 Å². The summed E-state index contributed by atoms with van der Waals surface area (Å²) in [4.78, 5) is 18.3. The molecule has 0 aliphatic rings. The second-order valence-corrected chi connectivity index (χ2v) is 58.2. The summed E-state index contributed by atoms with van der Waals surface area (Å²) in [5.74, 6) is 0.140. The summed E-state index contributed by atoms with van der Waals surface area (Å²) in [6.07, 6.45) is 89.2. The maximum atomic E-state index is 18.3. The van der Waals surface area contributed by atoms with Crippen molar-refractivity contribution in [3.8, 4) is 0 Å². The van der Waals surface area contributed by atoms with Crippen LogP contribution in [0.2, 0.25) is 0 Å². The minimum absolute atomic E-state index is 0.0646. The lowest BCUT2D eigenvalue weighted by Crippen LogP contribution is -2.54. The van der Waals surface area contributed by atoms with Gasteiger partial charge in [0.1, 0.15) is 0 Å². The standard InChI is InChI=1S/C148H296O2/c1-51-100-140(95-45,96-46)116-141(97-47,98-48)117-147(114-138(89-39,90-40)91-41,115-139(92-42,93-43)94-44)119-142(101-125(50,52-2)124(149)150-99-49,118-143(102-126(53-3,54-4)55-5,103-127(56-6,57-7)58-8)104-128(59-9,60-10)61-11)120-148(121-144(105-129(62-12,63-13)64-14,106-130(65-15,66-16)67-17)107-131(68-18,69-19)70-20,122-145(108-132(71-21,72-22)73-23,109-133(74-24,75-25)76-26)110-134(77-27,78-28)79-29)123-146(111-135(80-30,81-31)82-32,112-136(83-33,84-34)85-35)113-137(86-36,87-37)88-38/h51-123H2,1-50H3. The summed E-state index contributed by atoms with van der Waals surface area (Å²) < 4.78 is 7.45. The van der Waals surface area contributed by atoms with Crippen LogP contribution >= 0.6 is 0 Å². The fourth-order valence-electron chi connectivity index (χ4n) is 39.6. The van der Waals surface area contributed by atoms with E-state index in [2.05, 4.69) is 346 Å². The average molecular weight is 2110 g/mol. The van der Waals surface area contributed by atoms with Crippen molar-refractivity contribution in [3.63, 3.8) is 0 Å². The van der Waals surface area contributed by atoms with E-state index in [1.54, 1.807) is 0 Å². The first kappa shape index (κ1) is 149. The number of esters is 1. The topological polar surface area (TPSA) is 26.3 Å². The highest BCUT2D eigenvalue weighted by Crippen LogP contribution is 2.77. The van der Waals surface area contributed by atoms with E-state index in [4.69, 9.17) is 4.74 Å². The molecule has 2 heteroatoms. The monoisotopic (exact) mass is 2110 g/mol. The summed E-state index contributed by atoms with van der Waals surface area (Å²) in [5, 5.41) is 0. The summed E-state index contributed by atoms with van der Waals surface area (Å²) in [6, 6.07) is 0. The molecule has 2 unspecified atom stereocenters. The Balaban J connectivity index is 16.8. The first-order valence-corrected chi connectivity index (χ1v) is 69.8. The Morgan fingerprint density at radius 3 is 0.307 bits per heavy atom. The van der Waals surface area contributed by atoms with E-state index < -0.39 is 10.8 Å². The van der Waals surface area contributed by atoms with Gasteiger partial charge < -0.3 is 4.74 Å². The molecule has 0 aliphatic carbocycles. The van der Waals surface area contributed by atoms with Gasteiger partial charge in [0.25, 0.3) is 0 Å². The second-order valence-electron chi connectivity index (χ2n) is 58.2. The van der Waals surface area contributed by atoms with Crippen LogP contribution < -0.4 is 0 Å². The van der Waals surface area contributed by atoms with Crippen LogP contribution in [0.4, 0.5) is 0 Å². The molecule has 0 radical (unpaired) electrons. The van der Waals surface area contributed by atoms with Gasteiger partial charge in [0.05, 0.1) is 12.0 Å². The molecular weight excluding hydrogens is 1810 g/mol. The molecule has 0 heterocycles. The minimum Gasteiger partial charge on any atom is -0.466 e.